The summed E-state index contributed by atoms with van der Waals surface area (Å²) >= 11 is 0. The molecule has 0 spiro atoms. The second-order valence-corrected chi connectivity index (χ2v) is 5.70. The van der Waals surface area contributed by atoms with Crippen LogP contribution in [0, 0.1) is 5.82 Å². The van der Waals surface area contributed by atoms with Crippen LogP contribution in [0.5, 0.6) is 0 Å². The first-order chi connectivity index (χ1) is 11.0. The molecule has 1 amide bonds. The van der Waals surface area contributed by atoms with Crippen LogP contribution in [0.3, 0.4) is 0 Å². The van der Waals surface area contributed by atoms with E-state index in [1.165, 1.54) is 24.3 Å². The van der Waals surface area contributed by atoms with Gasteiger partial charge in [-0.15, -0.1) is 0 Å². The van der Waals surface area contributed by atoms with E-state index in [0.29, 0.717) is 11.3 Å². The first-order valence-electron chi connectivity index (χ1n) is 7.38. The van der Waals surface area contributed by atoms with E-state index in [2.05, 4.69) is 5.10 Å². The van der Waals surface area contributed by atoms with Gasteiger partial charge in [0.2, 0.25) is 5.91 Å². The van der Waals surface area contributed by atoms with Crippen molar-refractivity contribution < 1.29 is 14.3 Å². The van der Waals surface area contributed by atoms with Crippen LogP contribution in [-0.2, 0) is 16.9 Å². The van der Waals surface area contributed by atoms with Crippen molar-refractivity contribution in [3.05, 3.63) is 71.5 Å². The molecule has 0 saturated heterocycles. The van der Waals surface area contributed by atoms with Crippen molar-refractivity contribution >= 4 is 11.6 Å². The lowest BCUT2D eigenvalue weighted by Crippen LogP contribution is -2.44. The maximum atomic E-state index is 13.1. The Balaban J connectivity index is 1.89. The van der Waals surface area contributed by atoms with Crippen LogP contribution in [0.4, 0.5) is 4.39 Å². The van der Waals surface area contributed by atoms with Crippen LogP contribution in [0.2, 0.25) is 0 Å². The molecular formula is C18H17FN2O2. The Morgan fingerprint density at radius 1 is 1.22 bits per heavy atom. The van der Waals surface area contributed by atoms with E-state index in [-0.39, 0.29) is 18.7 Å². The number of halogens is 1. The van der Waals surface area contributed by atoms with Gasteiger partial charge < -0.3 is 5.11 Å². The third-order valence-electron chi connectivity index (χ3n) is 3.86. The van der Waals surface area contributed by atoms with E-state index >= 15 is 0 Å². The number of hydrazone groups is 1. The molecule has 1 aliphatic rings. The van der Waals surface area contributed by atoms with Crippen molar-refractivity contribution in [3.63, 3.8) is 0 Å². The molecule has 4 nitrogen and oxygen atoms in total. The minimum Gasteiger partial charge on any atom is -0.365 e. The second kappa shape index (κ2) is 5.93. The zero-order valence-electron chi connectivity index (χ0n) is 12.7. The van der Waals surface area contributed by atoms with Crippen molar-refractivity contribution in [1.82, 2.24) is 5.01 Å². The first kappa shape index (κ1) is 15.4. The van der Waals surface area contributed by atoms with Gasteiger partial charge in [-0.25, -0.2) is 4.39 Å². The molecule has 0 radical (unpaired) electrons. The highest BCUT2D eigenvalue weighted by atomic mass is 19.1. The van der Waals surface area contributed by atoms with Gasteiger partial charge in [-0.3, -0.25) is 4.79 Å². The normalized spacial score (nSPS) is 20.5. The summed E-state index contributed by atoms with van der Waals surface area (Å²) in [6, 6.07) is 14.8. The van der Waals surface area contributed by atoms with Gasteiger partial charge in [-0.05, 0) is 24.6 Å². The van der Waals surface area contributed by atoms with Crippen LogP contribution >= 0.6 is 0 Å². The molecule has 1 atom stereocenters. The Morgan fingerprint density at radius 2 is 1.87 bits per heavy atom. The molecule has 2 aromatic carbocycles. The molecule has 1 aliphatic heterocycles. The molecule has 0 aromatic heterocycles. The average Bonchev–Trinajstić information content (AvgIpc) is 2.85. The summed E-state index contributed by atoms with van der Waals surface area (Å²) in [6.07, 6.45) is 0.348. The predicted octanol–water partition coefficient (Wildman–Crippen LogP) is 2.82. The van der Waals surface area contributed by atoms with Crippen molar-refractivity contribution in [3.8, 4) is 0 Å². The third kappa shape index (κ3) is 3.00. The summed E-state index contributed by atoms with van der Waals surface area (Å²) in [7, 11) is 0. The lowest BCUT2D eigenvalue weighted by molar-refractivity contribution is -0.157. The van der Waals surface area contributed by atoms with E-state index in [0.717, 1.165) is 10.6 Å². The van der Waals surface area contributed by atoms with Gasteiger partial charge >= 0.3 is 0 Å². The Kier molecular flexibility index (Phi) is 3.96. The molecule has 0 aliphatic carbocycles. The summed E-state index contributed by atoms with van der Waals surface area (Å²) in [4.78, 5) is 12.6. The zero-order chi connectivity index (χ0) is 16.4. The van der Waals surface area contributed by atoms with Gasteiger partial charge in [0, 0.05) is 17.7 Å². The molecule has 0 bridgehead atoms. The number of hydrogen-bond donors (Lipinski definition) is 1. The van der Waals surface area contributed by atoms with Crippen molar-refractivity contribution in [2.75, 3.05) is 0 Å². The summed E-state index contributed by atoms with van der Waals surface area (Å²) in [6.45, 7) is 1.75. The fourth-order valence-corrected chi connectivity index (χ4v) is 2.77. The molecule has 1 N–H and O–H groups in total. The zero-order valence-corrected chi connectivity index (χ0v) is 12.7. The highest BCUT2D eigenvalue weighted by Gasteiger charge is 2.44. The number of benzene rings is 2. The largest absolute Gasteiger partial charge is 0.365 e. The smallest absolute Gasteiger partial charge is 0.250 e. The number of amides is 1. The number of nitrogens with zero attached hydrogens (tertiary/aromatic N) is 2. The number of carbonyl (C=O) groups excluding carboxylic acids is 1. The van der Waals surface area contributed by atoms with E-state index < -0.39 is 11.5 Å². The van der Waals surface area contributed by atoms with Crippen LogP contribution in [-0.4, -0.2) is 21.7 Å². The second-order valence-electron chi connectivity index (χ2n) is 5.70. The molecule has 2 aromatic rings. The van der Waals surface area contributed by atoms with E-state index in [9.17, 15) is 14.3 Å². The monoisotopic (exact) mass is 312 g/mol. The van der Waals surface area contributed by atoms with Crippen LogP contribution < -0.4 is 0 Å². The van der Waals surface area contributed by atoms with Gasteiger partial charge in [0.15, 0.2) is 5.72 Å². The number of carbonyl (C=O) groups is 1. The molecule has 1 heterocycles. The minimum atomic E-state index is -1.57. The maximum absolute atomic E-state index is 13.1. The molecule has 3 rings (SSSR count). The highest BCUT2D eigenvalue weighted by molar-refractivity contribution is 5.89. The van der Waals surface area contributed by atoms with Crippen LogP contribution in [0.25, 0.3) is 0 Å². The molecule has 0 fully saturated rings. The Morgan fingerprint density at radius 3 is 2.52 bits per heavy atom. The maximum Gasteiger partial charge on any atom is 0.250 e. The first-order valence-corrected chi connectivity index (χ1v) is 7.38. The average molecular weight is 312 g/mol. The number of aliphatic hydroxyl groups is 1. The summed E-state index contributed by atoms with van der Waals surface area (Å²) in [5.41, 5.74) is 0.377. The Bertz CT molecular complexity index is 743. The summed E-state index contributed by atoms with van der Waals surface area (Å²) < 4.78 is 13.1. The molecule has 0 saturated carbocycles. The van der Waals surface area contributed by atoms with E-state index in [4.69, 9.17) is 0 Å². The van der Waals surface area contributed by atoms with Crippen LogP contribution in [0.15, 0.2) is 59.7 Å². The Labute approximate surface area is 133 Å². The fourth-order valence-electron chi connectivity index (χ4n) is 2.77. The van der Waals surface area contributed by atoms with Crippen LogP contribution in [0.1, 0.15) is 24.5 Å². The lowest BCUT2D eigenvalue weighted by atomic mass is 9.97. The van der Waals surface area contributed by atoms with E-state index in [1.807, 2.05) is 30.3 Å². The van der Waals surface area contributed by atoms with Crippen molar-refractivity contribution in [1.29, 1.82) is 0 Å². The van der Waals surface area contributed by atoms with Gasteiger partial charge in [0.05, 0.1) is 6.42 Å². The minimum absolute atomic E-state index is 0.140. The molecule has 1 unspecified atom stereocenters. The topological polar surface area (TPSA) is 52.9 Å². The predicted molar refractivity (Wildman–Crippen MR) is 85.0 cm³/mol. The Hall–Kier alpha value is -2.53. The van der Waals surface area contributed by atoms with Gasteiger partial charge in [0.25, 0.3) is 0 Å². The van der Waals surface area contributed by atoms with Gasteiger partial charge in [0.1, 0.15) is 5.82 Å². The third-order valence-corrected chi connectivity index (χ3v) is 3.86. The summed E-state index contributed by atoms with van der Waals surface area (Å²) in [5.74, 6) is -0.699. The SMILES string of the molecule is CC1=NN(C(=O)Cc2ccccc2)C(O)(c2ccc(F)cc2)C1. The van der Waals surface area contributed by atoms with Gasteiger partial charge in [-0.1, -0.05) is 42.5 Å². The standard InChI is InChI=1S/C18H17FN2O2/c1-13-12-18(23,15-7-9-16(19)10-8-15)21(20-13)17(22)11-14-5-3-2-4-6-14/h2-10,23H,11-12H2,1H3. The number of rotatable bonds is 3. The fraction of sp³-hybridized carbons (Fsp3) is 0.222. The highest BCUT2D eigenvalue weighted by Crippen LogP contribution is 2.35. The van der Waals surface area contributed by atoms with Gasteiger partial charge in [-0.2, -0.15) is 10.1 Å². The number of hydrogen-bond acceptors (Lipinski definition) is 3. The molecule has 23 heavy (non-hydrogen) atoms. The van der Waals surface area contributed by atoms with Crippen molar-refractivity contribution in [2.24, 2.45) is 5.10 Å². The van der Waals surface area contributed by atoms with E-state index in [1.54, 1.807) is 6.92 Å². The molecular weight excluding hydrogens is 295 g/mol. The van der Waals surface area contributed by atoms with Crippen molar-refractivity contribution in [2.45, 2.75) is 25.5 Å². The summed E-state index contributed by atoms with van der Waals surface area (Å²) in [5, 5.41) is 16.3. The molecule has 5 heteroatoms. The lowest BCUT2D eigenvalue weighted by Gasteiger charge is -2.31. The quantitative estimate of drug-likeness (QED) is 0.947. The molecule has 118 valence electrons.